The molecule has 4 aliphatic carbocycles. The van der Waals surface area contributed by atoms with E-state index in [0.717, 1.165) is 84.4 Å². The van der Waals surface area contributed by atoms with Gasteiger partial charge in [0.05, 0.1) is 0 Å². The van der Waals surface area contributed by atoms with Crippen molar-refractivity contribution in [2.75, 3.05) is 0 Å². The van der Waals surface area contributed by atoms with E-state index in [4.69, 9.17) is 8.39 Å². The zero-order valence-corrected chi connectivity index (χ0v) is 22.1. The Morgan fingerprint density at radius 2 is 1.08 bits per heavy atom. The fourth-order valence-corrected chi connectivity index (χ4v) is 7.28. The van der Waals surface area contributed by atoms with E-state index >= 15 is 0 Å². The molecule has 0 fully saturated rings. The van der Waals surface area contributed by atoms with Crippen LogP contribution in [0.5, 0.6) is 0 Å². The molecule has 38 heavy (non-hydrogen) atoms. The summed E-state index contributed by atoms with van der Waals surface area (Å²) < 4.78 is 12.6. The third kappa shape index (κ3) is 3.97. The van der Waals surface area contributed by atoms with Gasteiger partial charge in [0.25, 0.3) is 0 Å². The highest BCUT2D eigenvalue weighted by Gasteiger charge is 2.27. The van der Waals surface area contributed by atoms with Crippen LogP contribution >= 0.6 is 8.24 Å². The van der Waals surface area contributed by atoms with Crippen molar-refractivity contribution < 1.29 is 22.9 Å². The summed E-state index contributed by atoms with van der Waals surface area (Å²) in [5.41, 5.74) is 10.3. The van der Waals surface area contributed by atoms with Crippen molar-refractivity contribution in [2.24, 2.45) is 0 Å². The van der Waals surface area contributed by atoms with E-state index in [2.05, 4.69) is 12.1 Å². The summed E-state index contributed by atoms with van der Waals surface area (Å²) in [4.78, 5) is 35.1. The van der Waals surface area contributed by atoms with E-state index < -0.39 is 8.24 Å². The van der Waals surface area contributed by atoms with Crippen LogP contribution < -0.4 is 0 Å². The average Bonchev–Trinajstić information content (AvgIpc) is 3.09. The Kier molecular flexibility index (Phi) is 5.87. The minimum absolute atomic E-state index is 0.0859. The smallest absolute Gasteiger partial charge is 0.384 e. The summed E-state index contributed by atoms with van der Waals surface area (Å²) in [7, 11) is -2.25. The third-order valence-corrected chi connectivity index (χ3v) is 9.04. The zero-order valence-electron chi connectivity index (χ0n) is 21.2. The Morgan fingerprint density at radius 1 is 0.632 bits per heavy atom. The molecule has 0 radical (unpaired) electrons. The second kappa shape index (κ2) is 9.41. The minimum Gasteiger partial charge on any atom is -0.398 e. The summed E-state index contributed by atoms with van der Waals surface area (Å²) in [6, 6.07) is 4.42. The predicted molar refractivity (Wildman–Crippen MR) is 151 cm³/mol. The first-order valence-corrected chi connectivity index (χ1v) is 14.8. The molecule has 1 aromatic heterocycles. The summed E-state index contributed by atoms with van der Waals surface area (Å²) in [5, 5.41) is 2.10. The molecule has 0 aliphatic heterocycles. The number of aryl methyl sites for hydroxylation is 4. The van der Waals surface area contributed by atoms with E-state index in [1.165, 1.54) is 22.3 Å². The molecular formula is C32H29O5P. The monoisotopic (exact) mass is 524 g/mol. The lowest BCUT2D eigenvalue weighted by Gasteiger charge is -2.23. The Labute approximate surface area is 221 Å². The Hall–Kier alpha value is -3.40. The standard InChI is InChI=1S/C32H29O5P/c33-23-13-9-19(10-14-23)27-17-21-5-1-3-7-25(21)29-30-26-8-4-2-6-22(26)18-28(20-11-15-24(34)16-12-20)32(30)37-38(35)36-31(27)29/h9-13,15,17-18,35H,1-8,14,16H2. The lowest BCUT2D eigenvalue weighted by atomic mass is 9.80. The van der Waals surface area contributed by atoms with Crippen LogP contribution in [0, 0.1) is 0 Å². The summed E-state index contributed by atoms with van der Waals surface area (Å²) in [6.45, 7) is 0. The fraction of sp³-hybridized carbons (Fsp3) is 0.312. The second-order valence-corrected chi connectivity index (χ2v) is 11.5. The van der Waals surface area contributed by atoms with Crippen molar-refractivity contribution >= 4 is 52.9 Å². The quantitative estimate of drug-likeness (QED) is 0.373. The first-order valence-electron chi connectivity index (χ1n) is 13.6. The van der Waals surface area contributed by atoms with E-state index in [1.807, 2.05) is 24.3 Å². The highest BCUT2D eigenvalue weighted by atomic mass is 31.1. The van der Waals surface area contributed by atoms with Crippen LogP contribution in [-0.4, -0.2) is 16.5 Å². The molecule has 0 unspecified atom stereocenters. The van der Waals surface area contributed by atoms with Crippen molar-refractivity contribution in [3.8, 4) is 0 Å². The van der Waals surface area contributed by atoms with Crippen LogP contribution in [0.4, 0.5) is 0 Å². The van der Waals surface area contributed by atoms with Crippen molar-refractivity contribution in [1.29, 1.82) is 0 Å². The second-order valence-electron chi connectivity index (χ2n) is 10.7. The number of carbonyl (C=O) groups is 2. The van der Waals surface area contributed by atoms with Crippen LogP contribution in [0.2, 0.25) is 0 Å². The van der Waals surface area contributed by atoms with Gasteiger partial charge in [0.15, 0.2) is 22.7 Å². The van der Waals surface area contributed by atoms with Crippen LogP contribution in [-0.2, 0) is 35.3 Å². The molecule has 2 aromatic carbocycles. The Balaban J connectivity index is 1.67. The summed E-state index contributed by atoms with van der Waals surface area (Å²) >= 11 is 0. The van der Waals surface area contributed by atoms with Crippen LogP contribution in [0.1, 0.15) is 71.9 Å². The fourth-order valence-electron chi connectivity index (χ4n) is 6.55. The van der Waals surface area contributed by atoms with E-state index in [1.54, 1.807) is 12.2 Å². The normalized spacial score (nSPS) is 18.9. The molecule has 192 valence electrons. The van der Waals surface area contributed by atoms with Gasteiger partial charge < -0.3 is 8.39 Å². The Bertz CT molecular complexity index is 1590. The van der Waals surface area contributed by atoms with Crippen molar-refractivity contribution in [3.63, 3.8) is 0 Å². The van der Waals surface area contributed by atoms with Crippen LogP contribution in [0.15, 0.2) is 57.0 Å². The maximum absolute atomic E-state index is 11.9. The maximum Gasteiger partial charge on any atom is 0.384 e. The van der Waals surface area contributed by atoms with Crippen molar-refractivity contribution in [2.45, 2.75) is 64.2 Å². The molecule has 0 bridgehead atoms. The van der Waals surface area contributed by atoms with Gasteiger partial charge in [-0.3, -0.25) is 14.5 Å². The maximum atomic E-state index is 11.9. The Morgan fingerprint density at radius 3 is 1.50 bits per heavy atom. The van der Waals surface area contributed by atoms with Gasteiger partial charge in [0.1, 0.15) is 0 Å². The predicted octanol–water partition coefficient (Wildman–Crippen LogP) is 7.63. The van der Waals surface area contributed by atoms with E-state index in [0.29, 0.717) is 24.0 Å². The lowest BCUT2D eigenvalue weighted by molar-refractivity contribution is -0.114. The molecule has 6 heteroatoms. The highest BCUT2D eigenvalue weighted by Crippen LogP contribution is 2.46. The molecule has 5 nitrogen and oxygen atoms in total. The first kappa shape index (κ1) is 23.7. The first-order chi connectivity index (χ1) is 18.6. The molecule has 4 aliphatic rings. The number of fused-ring (bicyclic) bond motifs is 7. The molecule has 0 saturated carbocycles. The van der Waals surface area contributed by atoms with Crippen LogP contribution in [0.3, 0.4) is 0 Å². The number of benzene rings is 2. The molecule has 0 spiro atoms. The number of carbonyl (C=O) groups excluding carboxylic acids is 2. The molecule has 3 aromatic rings. The molecule has 0 atom stereocenters. The lowest BCUT2D eigenvalue weighted by Crippen LogP contribution is -2.08. The number of ketones is 2. The van der Waals surface area contributed by atoms with Gasteiger partial charge in [-0.2, -0.15) is 0 Å². The topological polar surface area (TPSA) is 80.7 Å². The van der Waals surface area contributed by atoms with Crippen molar-refractivity contribution in [3.05, 3.63) is 82.0 Å². The number of hydrogen-bond acceptors (Lipinski definition) is 5. The van der Waals surface area contributed by atoms with Gasteiger partial charge in [-0.25, -0.2) is 0 Å². The molecule has 0 saturated heterocycles. The summed E-state index contributed by atoms with van der Waals surface area (Å²) in [6.07, 6.45) is 20.0. The number of hydrogen-bond donors (Lipinski definition) is 1. The van der Waals surface area contributed by atoms with Gasteiger partial charge in [0, 0.05) is 34.7 Å². The molecular weight excluding hydrogens is 495 g/mol. The molecule has 0 amide bonds. The van der Waals surface area contributed by atoms with E-state index in [-0.39, 0.29) is 11.6 Å². The van der Waals surface area contributed by atoms with Crippen molar-refractivity contribution in [1.82, 2.24) is 0 Å². The minimum atomic E-state index is -2.25. The SMILES string of the molecule is O=C1C=CC(c2cc3c(c4c2op(O)oc2c(C5=CCC(=O)C=C5)cc5c(c24)CCCC5)CCCC3)=CC1. The average molecular weight is 525 g/mol. The summed E-state index contributed by atoms with van der Waals surface area (Å²) in [5.74, 6) is 0.172. The number of allylic oxidation sites excluding steroid dienone is 8. The van der Waals surface area contributed by atoms with Gasteiger partial charge in [-0.1, -0.05) is 24.3 Å². The van der Waals surface area contributed by atoms with E-state index in [9.17, 15) is 14.5 Å². The highest BCUT2D eigenvalue weighted by molar-refractivity contribution is 7.30. The van der Waals surface area contributed by atoms with Crippen LogP contribution in [0.25, 0.3) is 33.1 Å². The molecule has 1 N–H and O–H groups in total. The largest absolute Gasteiger partial charge is 0.398 e. The third-order valence-electron chi connectivity index (χ3n) is 8.36. The zero-order chi connectivity index (χ0) is 25.8. The molecule has 1 heterocycles. The number of rotatable bonds is 2. The van der Waals surface area contributed by atoms with Gasteiger partial charge in [-0.05, 0) is 109 Å². The van der Waals surface area contributed by atoms with Gasteiger partial charge in [0.2, 0.25) is 0 Å². The van der Waals surface area contributed by atoms with Gasteiger partial charge in [-0.15, -0.1) is 0 Å². The molecule has 7 rings (SSSR count). The van der Waals surface area contributed by atoms with Gasteiger partial charge >= 0.3 is 8.24 Å².